The molecule has 154 valence electrons. The number of rotatable bonds is 6. The summed E-state index contributed by atoms with van der Waals surface area (Å²) in [6.45, 7) is 1.59. The van der Waals surface area contributed by atoms with Crippen molar-refractivity contribution in [2.24, 2.45) is 5.92 Å². The lowest BCUT2D eigenvalue weighted by molar-refractivity contribution is -0.143. The minimum Gasteiger partial charge on any atom is -0.481 e. The van der Waals surface area contributed by atoms with Crippen molar-refractivity contribution in [3.05, 3.63) is 66.1 Å². The number of likely N-dealkylation sites (tertiary alicyclic amines) is 1. The summed E-state index contributed by atoms with van der Waals surface area (Å²) in [7, 11) is 0. The van der Waals surface area contributed by atoms with Crippen molar-refractivity contribution in [3.63, 3.8) is 0 Å². The van der Waals surface area contributed by atoms with E-state index in [0.717, 1.165) is 12.0 Å². The molecular formula is C22H23N5O3. The Morgan fingerprint density at radius 1 is 1.10 bits per heavy atom. The van der Waals surface area contributed by atoms with Crippen molar-refractivity contribution in [3.8, 4) is 11.3 Å². The monoisotopic (exact) mass is 405 g/mol. The van der Waals surface area contributed by atoms with Crippen LogP contribution in [0, 0.1) is 5.92 Å². The number of amides is 1. The summed E-state index contributed by atoms with van der Waals surface area (Å²) in [6.07, 6.45) is 6.86. The summed E-state index contributed by atoms with van der Waals surface area (Å²) in [5, 5.41) is 17.5. The number of carboxylic acid groups (broad SMARTS) is 1. The number of hydrogen-bond acceptors (Lipinski definition) is 5. The molecule has 0 saturated carbocycles. The van der Waals surface area contributed by atoms with Crippen LogP contribution in [-0.4, -0.2) is 55.0 Å². The topological polar surface area (TPSA) is 101 Å². The fourth-order valence-corrected chi connectivity index (χ4v) is 3.64. The van der Waals surface area contributed by atoms with Crippen LogP contribution >= 0.6 is 0 Å². The van der Waals surface area contributed by atoms with E-state index in [1.165, 1.54) is 11.8 Å². The molecule has 1 amide bonds. The maximum absolute atomic E-state index is 12.8. The molecular weight excluding hydrogens is 382 g/mol. The fraction of sp³-hybridized carbons (Fsp3) is 0.318. The molecule has 1 saturated heterocycles. The summed E-state index contributed by atoms with van der Waals surface area (Å²) in [4.78, 5) is 29.8. The van der Waals surface area contributed by atoms with Crippen LogP contribution < -0.4 is 0 Å². The van der Waals surface area contributed by atoms with Crippen LogP contribution in [0.5, 0.6) is 0 Å². The number of piperidine rings is 1. The van der Waals surface area contributed by atoms with Gasteiger partial charge in [-0.2, -0.15) is 0 Å². The first-order valence-electron chi connectivity index (χ1n) is 10.0. The molecule has 1 fully saturated rings. The second kappa shape index (κ2) is 8.86. The van der Waals surface area contributed by atoms with Crippen molar-refractivity contribution in [1.29, 1.82) is 0 Å². The molecule has 1 aromatic carbocycles. The Bertz CT molecular complexity index is 1030. The first-order chi connectivity index (χ1) is 14.6. The number of aromatic nitrogens is 4. The number of carboxylic acids is 1. The Hall–Kier alpha value is -3.55. The molecule has 0 radical (unpaired) electrons. The van der Waals surface area contributed by atoms with Crippen LogP contribution in [0.2, 0.25) is 0 Å². The zero-order chi connectivity index (χ0) is 20.9. The summed E-state index contributed by atoms with van der Waals surface area (Å²) < 4.78 is 1.79. The number of aryl methyl sites for hydroxylation is 2. The van der Waals surface area contributed by atoms with E-state index in [0.29, 0.717) is 43.7 Å². The normalized spacial score (nSPS) is 14.6. The lowest BCUT2D eigenvalue weighted by atomic mass is 9.96. The summed E-state index contributed by atoms with van der Waals surface area (Å²) >= 11 is 0. The smallest absolute Gasteiger partial charge is 0.306 e. The fourth-order valence-electron chi connectivity index (χ4n) is 3.64. The van der Waals surface area contributed by atoms with Crippen LogP contribution in [0.4, 0.5) is 0 Å². The van der Waals surface area contributed by atoms with E-state index < -0.39 is 5.97 Å². The maximum atomic E-state index is 12.8. The predicted molar refractivity (Wildman–Crippen MR) is 110 cm³/mol. The number of benzene rings is 1. The van der Waals surface area contributed by atoms with Crippen molar-refractivity contribution in [2.45, 2.75) is 25.8 Å². The first-order valence-corrected chi connectivity index (χ1v) is 10.0. The average molecular weight is 405 g/mol. The minimum absolute atomic E-state index is 0.135. The van der Waals surface area contributed by atoms with Gasteiger partial charge in [0.15, 0.2) is 0 Å². The molecule has 1 aliphatic heterocycles. The van der Waals surface area contributed by atoms with Crippen molar-refractivity contribution < 1.29 is 14.7 Å². The molecule has 3 aromatic rings. The van der Waals surface area contributed by atoms with E-state index in [9.17, 15) is 9.59 Å². The highest BCUT2D eigenvalue weighted by atomic mass is 16.4. The Morgan fingerprint density at radius 3 is 2.60 bits per heavy atom. The first kappa shape index (κ1) is 19.8. The van der Waals surface area contributed by atoms with Crippen LogP contribution in [0.15, 0.2) is 55.0 Å². The molecule has 0 spiro atoms. The Kier molecular flexibility index (Phi) is 5.83. The van der Waals surface area contributed by atoms with Gasteiger partial charge >= 0.3 is 5.97 Å². The van der Waals surface area contributed by atoms with Gasteiger partial charge in [-0.3, -0.25) is 19.3 Å². The molecule has 8 heteroatoms. The largest absolute Gasteiger partial charge is 0.481 e. The second-order valence-electron chi connectivity index (χ2n) is 7.47. The Morgan fingerprint density at radius 2 is 1.87 bits per heavy atom. The van der Waals surface area contributed by atoms with Gasteiger partial charge in [0.25, 0.3) is 5.91 Å². The molecule has 2 aromatic heterocycles. The number of pyridine rings is 1. The van der Waals surface area contributed by atoms with E-state index in [2.05, 4.69) is 27.4 Å². The third kappa shape index (κ3) is 4.53. The van der Waals surface area contributed by atoms with Gasteiger partial charge in [-0.1, -0.05) is 35.5 Å². The van der Waals surface area contributed by atoms with E-state index in [1.54, 1.807) is 21.8 Å². The number of aliphatic carboxylic acids is 1. The highest BCUT2D eigenvalue weighted by molar-refractivity contribution is 5.95. The van der Waals surface area contributed by atoms with Gasteiger partial charge in [0, 0.05) is 37.6 Å². The van der Waals surface area contributed by atoms with E-state index in [4.69, 9.17) is 5.11 Å². The van der Waals surface area contributed by atoms with Crippen molar-refractivity contribution in [2.75, 3.05) is 13.1 Å². The number of carbonyl (C=O) groups excluding carboxylic acids is 1. The zero-order valence-electron chi connectivity index (χ0n) is 16.5. The number of carbonyl (C=O) groups is 2. The molecule has 1 N–H and O–H groups in total. The third-order valence-corrected chi connectivity index (χ3v) is 5.42. The standard InChI is InChI=1S/C22H23N5O3/c28-21(26-9-7-17(8-10-26)22(29)30)19-12-18(13-23-14-19)20-15-27(25-24-20)11-6-16-4-2-1-3-5-16/h1-5,12-15,17H,6-11H2,(H,29,30). The van der Waals surface area contributed by atoms with Crippen molar-refractivity contribution >= 4 is 11.9 Å². The van der Waals surface area contributed by atoms with Crippen molar-refractivity contribution in [1.82, 2.24) is 24.9 Å². The van der Waals surface area contributed by atoms with Gasteiger partial charge in [0.05, 0.1) is 17.7 Å². The Balaban J connectivity index is 1.41. The van der Waals surface area contributed by atoms with Gasteiger partial charge in [-0.15, -0.1) is 5.10 Å². The lowest BCUT2D eigenvalue weighted by Gasteiger charge is -2.30. The molecule has 0 aliphatic carbocycles. The van der Waals surface area contributed by atoms with Gasteiger partial charge in [0.2, 0.25) is 0 Å². The van der Waals surface area contributed by atoms with E-state index in [-0.39, 0.29) is 11.8 Å². The van der Waals surface area contributed by atoms with Crippen LogP contribution in [0.1, 0.15) is 28.8 Å². The zero-order valence-corrected chi connectivity index (χ0v) is 16.5. The highest BCUT2D eigenvalue weighted by Gasteiger charge is 2.27. The van der Waals surface area contributed by atoms with Gasteiger partial charge in [-0.05, 0) is 30.9 Å². The molecule has 8 nitrogen and oxygen atoms in total. The van der Waals surface area contributed by atoms with Crippen LogP contribution in [-0.2, 0) is 17.8 Å². The summed E-state index contributed by atoms with van der Waals surface area (Å²) in [5.41, 5.74) is 3.10. The summed E-state index contributed by atoms with van der Waals surface area (Å²) in [6, 6.07) is 11.9. The minimum atomic E-state index is -0.791. The second-order valence-corrected chi connectivity index (χ2v) is 7.47. The molecule has 4 rings (SSSR count). The molecule has 30 heavy (non-hydrogen) atoms. The third-order valence-electron chi connectivity index (χ3n) is 5.42. The lowest BCUT2D eigenvalue weighted by Crippen LogP contribution is -2.40. The molecule has 0 atom stereocenters. The van der Waals surface area contributed by atoms with Gasteiger partial charge < -0.3 is 10.0 Å². The number of nitrogens with zero attached hydrogens (tertiary/aromatic N) is 5. The van der Waals surface area contributed by atoms with Gasteiger partial charge in [-0.25, -0.2) is 0 Å². The number of hydrogen-bond donors (Lipinski definition) is 1. The quantitative estimate of drug-likeness (QED) is 0.676. The van der Waals surface area contributed by atoms with E-state index >= 15 is 0 Å². The average Bonchev–Trinajstić information content (AvgIpc) is 3.27. The maximum Gasteiger partial charge on any atom is 0.306 e. The van der Waals surface area contributed by atoms with Gasteiger partial charge in [0.1, 0.15) is 5.69 Å². The molecule has 0 bridgehead atoms. The molecule has 1 aliphatic rings. The van der Waals surface area contributed by atoms with Crippen LogP contribution in [0.25, 0.3) is 11.3 Å². The highest BCUT2D eigenvalue weighted by Crippen LogP contribution is 2.21. The SMILES string of the molecule is O=C(O)C1CCN(C(=O)c2cncc(-c3cn(CCc4ccccc4)nn3)c2)CC1. The van der Waals surface area contributed by atoms with E-state index in [1.807, 2.05) is 24.4 Å². The predicted octanol–water partition coefficient (Wildman–Crippen LogP) is 2.52. The Labute approximate surface area is 174 Å². The molecule has 0 unspecified atom stereocenters. The summed E-state index contributed by atoms with van der Waals surface area (Å²) in [5.74, 6) is -1.30. The molecule has 3 heterocycles. The van der Waals surface area contributed by atoms with Crippen LogP contribution in [0.3, 0.4) is 0 Å².